The van der Waals surface area contributed by atoms with Gasteiger partial charge in [0.1, 0.15) is 11.8 Å². The molecule has 0 spiro atoms. The van der Waals surface area contributed by atoms with Crippen molar-refractivity contribution in [1.29, 1.82) is 0 Å². The number of rotatable bonds is 7. The van der Waals surface area contributed by atoms with E-state index in [2.05, 4.69) is 14.9 Å². The summed E-state index contributed by atoms with van der Waals surface area (Å²) in [6.07, 6.45) is 6.92. The maximum Gasteiger partial charge on any atom is 0.276 e. The molecule has 0 unspecified atom stereocenters. The van der Waals surface area contributed by atoms with Crippen LogP contribution in [0.15, 0.2) is 52.5 Å². The summed E-state index contributed by atoms with van der Waals surface area (Å²) in [6.45, 7) is 2.15. The second kappa shape index (κ2) is 9.87. The molecule has 0 radical (unpaired) electrons. The number of carbonyl (C=O) groups excluding carboxylic acids is 2. The van der Waals surface area contributed by atoms with Crippen molar-refractivity contribution in [2.45, 2.75) is 57.7 Å². The fraction of sp³-hybridized carbons (Fsp3) is 0.391. The van der Waals surface area contributed by atoms with Crippen LogP contribution < -0.4 is 5.32 Å². The first-order valence-electron chi connectivity index (χ1n) is 10.6. The summed E-state index contributed by atoms with van der Waals surface area (Å²) in [6, 6.07) is 10.6. The highest BCUT2D eigenvalue weighted by molar-refractivity contribution is 7.03. The summed E-state index contributed by atoms with van der Waals surface area (Å²) in [7, 11) is 0. The van der Waals surface area contributed by atoms with Crippen LogP contribution >= 0.6 is 11.5 Å². The SMILES string of the molecule is Cc1ccc([C@@H](C(=O)NC2CCCCC2)N(Cc2ccco2)C(=O)c2csnn2)cc1. The van der Waals surface area contributed by atoms with E-state index in [-0.39, 0.29) is 30.1 Å². The van der Waals surface area contributed by atoms with E-state index in [1.165, 1.54) is 11.3 Å². The molecule has 1 aliphatic rings. The van der Waals surface area contributed by atoms with Gasteiger partial charge in [0.05, 0.1) is 12.8 Å². The molecule has 7 nitrogen and oxygen atoms in total. The van der Waals surface area contributed by atoms with E-state index < -0.39 is 6.04 Å². The lowest BCUT2D eigenvalue weighted by atomic mass is 9.94. The third-order valence-corrected chi connectivity index (χ3v) is 6.16. The molecule has 0 bridgehead atoms. The largest absolute Gasteiger partial charge is 0.467 e. The molecule has 162 valence electrons. The molecule has 0 saturated heterocycles. The molecule has 1 saturated carbocycles. The van der Waals surface area contributed by atoms with E-state index in [1.54, 1.807) is 23.8 Å². The van der Waals surface area contributed by atoms with Crippen molar-refractivity contribution >= 4 is 23.3 Å². The number of amides is 2. The zero-order valence-electron chi connectivity index (χ0n) is 17.5. The monoisotopic (exact) mass is 438 g/mol. The number of nitrogens with one attached hydrogen (secondary N) is 1. The molecular weight excluding hydrogens is 412 g/mol. The summed E-state index contributed by atoms with van der Waals surface area (Å²) in [5.41, 5.74) is 2.06. The van der Waals surface area contributed by atoms with Gasteiger partial charge >= 0.3 is 0 Å². The lowest BCUT2D eigenvalue weighted by Gasteiger charge is -2.32. The van der Waals surface area contributed by atoms with Gasteiger partial charge in [0.15, 0.2) is 5.69 Å². The average Bonchev–Trinajstić information content (AvgIpc) is 3.49. The van der Waals surface area contributed by atoms with Gasteiger partial charge in [-0.25, -0.2) is 0 Å². The van der Waals surface area contributed by atoms with Crippen LogP contribution in [0.5, 0.6) is 0 Å². The van der Waals surface area contributed by atoms with Gasteiger partial charge in [-0.2, -0.15) is 0 Å². The molecule has 3 aromatic rings. The number of aryl methyl sites for hydroxylation is 1. The molecule has 31 heavy (non-hydrogen) atoms. The van der Waals surface area contributed by atoms with E-state index in [1.807, 2.05) is 31.2 Å². The van der Waals surface area contributed by atoms with Gasteiger partial charge in [0, 0.05) is 11.4 Å². The van der Waals surface area contributed by atoms with Crippen molar-refractivity contribution in [3.8, 4) is 0 Å². The summed E-state index contributed by atoms with van der Waals surface area (Å²) in [4.78, 5) is 28.5. The Hall–Kier alpha value is -3.00. The van der Waals surface area contributed by atoms with Crippen LogP contribution in [0.4, 0.5) is 0 Å². The third-order valence-electron chi connectivity index (χ3n) is 5.65. The van der Waals surface area contributed by atoms with Crippen molar-refractivity contribution in [2.75, 3.05) is 0 Å². The number of furan rings is 1. The van der Waals surface area contributed by atoms with E-state index in [0.29, 0.717) is 5.76 Å². The van der Waals surface area contributed by atoms with Gasteiger partial charge < -0.3 is 14.6 Å². The number of benzene rings is 1. The lowest BCUT2D eigenvalue weighted by molar-refractivity contribution is -0.127. The minimum Gasteiger partial charge on any atom is -0.467 e. The number of carbonyl (C=O) groups is 2. The van der Waals surface area contributed by atoms with Gasteiger partial charge in [-0.1, -0.05) is 53.6 Å². The Labute approximate surface area is 185 Å². The number of hydrogen-bond acceptors (Lipinski definition) is 6. The molecular formula is C23H26N4O3S. The summed E-state index contributed by atoms with van der Waals surface area (Å²) in [5, 5.41) is 8.74. The standard InChI is InChI=1S/C23H26N4O3S/c1-16-9-11-17(12-10-16)21(22(28)24-18-6-3-2-4-7-18)27(14-19-8-5-13-30-19)23(29)20-15-31-26-25-20/h5,8-13,15,18,21H,2-4,6-7,14H2,1H3,(H,24,28)/t21-/m0/s1. The highest BCUT2D eigenvalue weighted by Gasteiger charge is 2.34. The fourth-order valence-electron chi connectivity index (χ4n) is 4.00. The van der Waals surface area contributed by atoms with Crippen LogP contribution in [0.1, 0.15) is 65.5 Å². The minimum atomic E-state index is -0.804. The van der Waals surface area contributed by atoms with Gasteiger partial charge in [-0.05, 0) is 49.0 Å². The molecule has 4 rings (SSSR count). The fourth-order valence-corrected chi connectivity index (χ4v) is 4.43. The maximum atomic E-state index is 13.6. The molecule has 1 aromatic carbocycles. The van der Waals surface area contributed by atoms with E-state index in [4.69, 9.17) is 4.42 Å². The van der Waals surface area contributed by atoms with E-state index >= 15 is 0 Å². The van der Waals surface area contributed by atoms with Gasteiger partial charge in [0.2, 0.25) is 5.91 Å². The van der Waals surface area contributed by atoms with Gasteiger partial charge in [0.25, 0.3) is 5.91 Å². The summed E-state index contributed by atoms with van der Waals surface area (Å²) < 4.78 is 9.33. The van der Waals surface area contributed by atoms with Crippen LogP contribution in [0.2, 0.25) is 0 Å². The van der Waals surface area contributed by atoms with Gasteiger partial charge in [-0.15, -0.1) is 5.10 Å². The molecule has 2 aromatic heterocycles. The van der Waals surface area contributed by atoms with Crippen LogP contribution in [0.3, 0.4) is 0 Å². The highest BCUT2D eigenvalue weighted by Crippen LogP contribution is 2.27. The first kappa shape index (κ1) is 21.2. The van der Waals surface area contributed by atoms with Crippen molar-refractivity contribution in [2.24, 2.45) is 0 Å². The smallest absolute Gasteiger partial charge is 0.276 e. The van der Waals surface area contributed by atoms with Crippen LogP contribution in [0, 0.1) is 6.92 Å². The molecule has 1 atom stereocenters. The Morgan fingerprint density at radius 1 is 1.19 bits per heavy atom. The predicted molar refractivity (Wildman–Crippen MR) is 117 cm³/mol. The van der Waals surface area contributed by atoms with Crippen LogP contribution in [0.25, 0.3) is 0 Å². The highest BCUT2D eigenvalue weighted by atomic mass is 32.1. The molecule has 0 aliphatic heterocycles. The lowest BCUT2D eigenvalue weighted by Crippen LogP contribution is -2.47. The Morgan fingerprint density at radius 2 is 1.97 bits per heavy atom. The summed E-state index contributed by atoms with van der Waals surface area (Å²) >= 11 is 1.11. The minimum absolute atomic E-state index is 0.135. The molecule has 1 aliphatic carbocycles. The maximum absolute atomic E-state index is 13.6. The van der Waals surface area contributed by atoms with Crippen molar-refractivity contribution in [1.82, 2.24) is 19.8 Å². The topological polar surface area (TPSA) is 88.3 Å². The number of nitrogens with zero attached hydrogens (tertiary/aromatic N) is 3. The first-order valence-corrected chi connectivity index (χ1v) is 11.4. The number of hydrogen-bond donors (Lipinski definition) is 1. The second-order valence-electron chi connectivity index (χ2n) is 7.96. The molecule has 1 N–H and O–H groups in total. The Bertz CT molecular complexity index is 981. The molecule has 2 amide bonds. The zero-order valence-corrected chi connectivity index (χ0v) is 18.3. The normalized spacial score (nSPS) is 15.4. The second-order valence-corrected chi connectivity index (χ2v) is 8.57. The number of aromatic nitrogens is 2. The predicted octanol–water partition coefficient (Wildman–Crippen LogP) is 4.27. The average molecular weight is 439 g/mol. The van der Waals surface area contributed by atoms with Crippen LogP contribution in [-0.2, 0) is 11.3 Å². The van der Waals surface area contributed by atoms with Crippen molar-refractivity contribution < 1.29 is 14.0 Å². The zero-order chi connectivity index (χ0) is 21.6. The first-order chi connectivity index (χ1) is 15.1. The van der Waals surface area contributed by atoms with E-state index in [9.17, 15) is 9.59 Å². The molecule has 1 fully saturated rings. The third kappa shape index (κ3) is 5.19. The Kier molecular flexibility index (Phi) is 6.76. The summed E-state index contributed by atoms with van der Waals surface area (Å²) in [5.74, 6) is 0.0625. The van der Waals surface area contributed by atoms with Gasteiger partial charge in [-0.3, -0.25) is 9.59 Å². The van der Waals surface area contributed by atoms with Crippen molar-refractivity contribution in [3.05, 3.63) is 70.6 Å². The molecule has 8 heteroatoms. The quantitative estimate of drug-likeness (QED) is 0.595. The van der Waals surface area contributed by atoms with E-state index in [0.717, 1.165) is 48.3 Å². The van der Waals surface area contributed by atoms with Crippen molar-refractivity contribution in [3.63, 3.8) is 0 Å². The Morgan fingerprint density at radius 3 is 2.61 bits per heavy atom. The van der Waals surface area contributed by atoms with Crippen LogP contribution in [-0.4, -0.2) is 32.3 Å². The molecule has 2 heterocycles. The Balaban J connectivity index is 1.70.